The van der Waals surface area contributed by atoms with E-state index in [-0.39, 0.29) is 12.2 Å². The number of rotatable bonds is 2. The standard InChI is InChI=1S/C15H14FN3O2S/c1-18-12(9-17)3-4-14(18)11-7-10-5-6-19(22(2,20)21)15(10)13(16)8-11/h3-4,7-8H,5-6H2,1-2H3. The van der Waals surface area contributed by atoms with E-state index in [1.54, 1.807) is 29.8 Å². The monoisotopic (exact) mass is 319 g/mol. The van der Waals surface area contributed by atoms with E-state index in [0.717, 1.165) is 16.3 Å². The van der Waals surface area contributed by atoms with Crippen LogP contribution in [0.25, 0.3) is 11.3 Å². The number of halogens is 1. The molecule has 0 amide bonds. The smallest absolute Gasteiger partial charge is 0.232 e. The van der Waals surface area contributed by atoms with Gasteiger partial charge in [0.15, 0.2) is 0 Å². The molecule has 0 unspecified atom stereocenters. The Labute approximate surface area is 128 Å². The van der Waals surface area contributed by atoms with Gasteiger partial charge in [-0.2, -0.15) is 5.26 Å². The summed E-state index contributed by atoms with van der Waals surface area (Å²) in [6.07, 6.45) is 1.55. The summed E-state index contributed by atoms with van der Waals surface area (Å²) < 4.78 is 40.7. The molecule has 0 fully saturated rings. The molecule has 1 aromatic carbocycles. The van der Waals surface area contributed by atoms with Gasteiger partial charge in [0.1, 0.15) is 17.6 Å². The summed E-state index contributed by atoms with van der Waals surface area (Å²) in [5.41, 5.74) is 2.64. The minimum atomic E-state index is -3.48. The molecule has 2 aromatic rings. The molecule has 114 valence electrons. The number of anilines is 1. The van der Waals surface area contributed by atoms with E-state index >= 15 is 0 Å². The van der Waals surface area contributed by atoms with Crippen molar-refractivity contribution in [2.24, 2.45) is 7.05 Å². The largest absolute Gasteiger partial charge is 0.335 e. The van der Waals surface area contributed by atoms with Gasteiger partial charge in [-0.1, -0.05) is 0 Å². The van der Waals surface area contributed by atoms with Crippen molar-refractivity contribution in [2.75, 3.05) is 17.1 Å². The summed E-state index contributed by atoms with van der Waals surface area (Å²) in [7, 11) is -1.74. The van der Waals surface area contributed by atoms with E-state index in [4.69, 9.17) is 5.26 Å². The first kappa shape index (κ1) is 14.6. The fourth-order valence-electron chi connectivity index (χ4n) is 2.85. The summed E-state index contributed by atoms with van der Waals surface area (Å²) >= 11 is 0. The fourth-order valence-corrected chi connectivity index (χ4v) is 3.81. The van der Waals surface area contributed by atoms with Crippen molar-refractivity contribution in [2.45, 2.75) is 6.42 Å². The third-order valence-corrected chi connectivity index (χ3v) is 5.07. The number of fused-ring (bicyclic) bond motifs is 1. The van der Waals surface area contributed by atoms with Crippen LogP contribution in [-0.2, 0) is 23.5 Å². The van der Waals surface area contributed by atoms with Crippen molar-refractivity contribution in [1.29, 1.82) is 5.26 Å². The minimum Gasteiger partial charge on any atom is -0.335 e. The summed E-state index contributed by atoms with van der Waals surface area (Å²) in [6, 6.07) is 8.59. The number of nitrogens with zero attached hydrogens (tertiary/aromatic N) is 3. The lowest BCUT2D eigenvalue weighted by Gasteiger charge is -2.17. The van der Waals surface area contributed by atoms with Crippen molar-refractivity contribution in [3.8, 4) is 17.3 Å². The molecule has 0 spiro atoms. The highest BCUT2D eigenvalue weighted by Crippen LogP contribution is 2.36. The maximum atomic E-state index is 14.5. The Morgan fingerprint density at radius 3 is 2.64 bits per heavy atom. The van der Waals surface area contributed by atoms with Gasteiger partial charge in [0, 0.05) is 24.8 Å². The Kier molecular flexibility index (Phi) is 3.22. The first-order chi connectivity index (χ1) is 10.3. The van der Waals surface area contributed by atoms with Crippen molar-refractivity contribution >= 4 is 15.7 Å². The highest BCUT2D eigenvalue weighted by molar-refractivity contribution is 7.92. The zero-order valence-corrected chi connectivity index (χ0v) is 13.0. The number of sulfonamides is 1. The molecule has 22 heavy (non-hydrogen) atoms. The molecule has 7 heteroatoms. The molecule has 2 heterocycles. The van der Waals surface area contributed by atoms with Crippen LogP contribution >= 0.6 is 0 Å². The average molecular weight is 319 g/mol. The van der Waals surface area contributed by atoms with Gasteiger partial charge in [0.25, 0.3) is 0 Å². The topological polar surface area (TPSA) is 66.1 Å². The van der Waals surface area contributed by atoms with E-state index in [1.807, 2.05) is 0 Å². The molecule has 3 rings (SSSR count). The highest BCUT2D eigenvalue weighted by Gasteiger charge is 2.30. The molecular formula is C15H14FN3O2S. The van der Waals surface area contributed by atoms with Gasteiger partial charge >= 0.3 is 0 Å². The number of hydrogen-bond acceptors (Lipinski definition) is 3. The maximum Gasteiger partial charge on any atom is 0.232 e. The van der Waals surface area contributed by atoms with Gasteiger partial charge in [-0.25, -0.2) is 12.8 Å². The molecule has 0 saturated heterocycles. The van der Waals surface area contributed by atoms with E-state index in [1.165, 1.54) is 6.07 Å². The normalized spacial score (nSPS) is 14.0. The second-order valence-corrected chi connectivity index (χ2v) is 7.23. The minimum absolute atomic E-state index is 0.140. The molecule has 0 radical (unpaired) electrons. The number of benzene rings is 1. The van der Waals surface area contributed by atoms with Crippen molar-refractivity contribution in [3.63, 3.8) is 0 Å². The number of aromatic nitrogens is 1. The molecule has 0 bridgehead atoms. The Bertz CT molecular complexity index is 910. The molecule has 0 N–H and O–H groups in total. The predicted octanol–water partition coefficient (Wildman–Crippen LogP) is 2.02. The van der Waals surface area contributed by atoms with Crippen molar-refractivity contribution in [3.05, 3.63) is 41.3 Å². The van der Waals surface area contributed by atoms with Gasteiger partial charge < -0.3 is 4.57 Å². The first-order valence-corrected chi connectivity index (χ1v) is 8.54. The fraction of sp³-hybridized carbons (Fsp3) is 0.267. The molecule has 0 saturated carbocycles. The SMILES string of the molecule is Cn1c(C#N)ccc1-c1cc(F)c2c(c1)CCN2S(C)(=O)=O. The molecule has 1 aromatic heterocycles. The van der Waals surface area contributed by atoms with Gasteiger partial charge in [0.2, 0.25) is 10.0 Å². The van der Waals surface area contributed by atoms with Crippen LogP contribution in [0, 0.1) is 17.1 Å². The van der Waals surface area contributed by atoms with Crippen molar-refractivity contribution in [1.82, 2.24) is 4.57 Å². The van der Waals surface area contributed by atoms with E-state index in [0.29, 0.717) is 23.2 Å². The molecule has 5 nitrogen and oxygen atoms in total. The summed E-state index contributed by atoms with van der Waals surface area (Å²) in [5.74, 6) is -0.560. The zero-order chi connectivity index (χ0) is 16.1. The lowest BCUT2D eigenvalue weighted by Crippen LogP contribution is -2.28. The highest BCUT2D eigenvalue weighted by atomic mass is 32.2. The van der Waals surface area contributed by atoms with Gasteiger partial charge in [-0.3, -0.25) is 4.31 Å². The van der Waals surface area contributed by atoms with E-state index < -0.39 is 15.8 Å². The quantitative estimate of drug-likeness (QED) is 0.850. The Morgan fingerprint density at radius 1 is 1.32 bits per heavy atom. The number of hydrogen-bond donors (Lipinski definition) is 0. The zero-order valence-electron chi connectivity index (χ0n) is 12.2. The van der Waals surface area contributed by atoms with Crippen LogP contribution in [0.3, 0.4) is 0 Å². The van der Waals surface area contributed by atoms with Gasteiger partial charge in [-0.05, 0) is 36.2 Å². The van der Waals surface area contributed by atoms with Crippen LogP contribution in [0.1, 0.15) is 11.3 Å². The maximum absolute atomic E-state index is 14.5. The van der Waals surface area contributed by atoms with Crippen molar-refractivity contribution < 1.29 is 12.8 Å². The van der Waals surface area contributed by atoms with Gasteiger partial charge in [-0.15, -0.1) is 0 Å². The molecule has 0 aliphatic carbocycles. The summed E-state index contributed by atoms with van der Waals surface area (Å²) in [5, 5.41) is 8.99. The molecule has 1 aliphatic heterocycles. The van der Waals surface area contributed by atoms with Crippen LogP contribution < -0.4 is 4.31 Å². The van der Waals surface area contributed by atoms with Crippen LogP contribution in [0.5, 0.6) is 0 Å². The first-order valence-electron chi connectivity index (χ1n) is 6.69. The third-order valence-electron chi connectivity index (χ3n) is 3.91. The van der Waals surface area contributed by atoms with Gasteiger partial charge in [0.05, 0.1) is 11.9 Å². The summed E-state index contributed by atoms with van der Waals surface area (Å²) in [4.78, 5) is 0. The average Bonchev–Trinajstić information content (AvgIpc) is 3.01. The van der Waals surface area contributed by atoms with Crippen LogP contribution in [-0.4, -0.2) is 25.8 Å². The molecule has 1 aliphatic rings. The van der Waals surface area contributed by atoms with Crippen LogP contribution in [0.15, 0.2) is 24.3 Å². The molecular weight excluding hydrogens is 305 g/mol. The second-order valence-electron chi connectivity index (χ2n) is 5.33. The lowest BCUT2D eigenvalue weighted by atomic mass is 10.1. The Morgan fingerprint density at radius 2 is 2.05 bits per heavy atom. The third kappa shape index (κ3) is 2.16. The summed E-state index contributed by atoms with van der Waals surface area (Å²) in [6.45, 7) is 0.255. The number of nitriles is 1. The van der Waals surface area contributed by atoms with E-state index in [9.17, 15) is 12.8 Å². The second kappa shape index (κ2) is 4.85. The predicted molar refractivity (Wildman–Crippen MR) is 81.4 cm³/mol. The van der Waals surface area contributed by atoms with Crippen LogP contribution in [0.2, 0.25) is 0 Å². The van der Waals surface area contributed by atoms with E-state index in [2.05, 4.69) is 6.07 Å². The Balaban J connectivity index is 2.14. The Hall–Kier alpha value is -2.33. The lowest BCUT2D eigenvalue weighted by molar-refractivity contribution is 0.593. The van der Waals surface area contributed by atoms with Crippen LogP contribution in [0.4, 0.5) is 10.1 Å². The molecule has 0 atom stereocenters.